The Kier molecular flexibility index (Phi) is 6.48. The molecule has 0 aliphatic heterocycles. The number of nitrogens with one attached hydrogen (secondary N) is 2. The van der Waals surface area contributed by atoms with Gasteiger partial charge in [-0.2, -0.15) is 0 Å². The zero-order valence-corrected chi connectivity index (χ0v) is 18.4. The van der Waals surface area contributed by atoms with Crippen molar-refractivity contribution in [2.24, 2.45) is 0 Å². The van der Waals surface area contributed by atoms with Gasteiger partial charge in [-0.25, -0.2) is 13.1 Å². The van der Waals surface area contributed by atoms with Crippen LogP contribution in [0.4, 0.5) is 5.69 Å². The summed E-state index contributed by atoms with van der Waals surface area (Å²) in [5, 5.41) is 10.3. The quantitative estimate of drug-likeness (QED) is 0.380. The summed E-state index contributed by atoms with van der Waals surface area (Å²) in [5.41, 5.74) is 2.85. The predicted octanol–water partition coefficient (Wildman–Crippen LogP) is 3.77. The molecule has 4 rings (SSSR count). The van der Waals surface area contributed by atoms with Gasteiger partial charge < -0.3 is 14.2 Å². The SMILES string of the molecule is Cc1ccc(-c2nnco2)cc1NC(=O)/C=C/c1ccc(S(=O)(=O)NCc2ccco2)cc1. The van der Waals surface area contributed by atoms with E-state index in [0.29, 0.717) is 28.5 Å². The van der Waals surface area contributed by atoms with Crippen LogP contribution < -0.4 is 10.0 Å². The summed E-state index contributed by atoms with van der Waals surface area (Å²) in [6.45, 7) is 1.93. The van der Waals surface area contributed by atoms with Crippen molar-refractivity contribution < 1.29 is 22.0 Å². The lowest BCUT2D eigenvalue weighted by atomic mass is 10.1. The number of aryl methyl sites for hydroxylation is 1. The number of hydrogen-bond donors (Lipinski definition) is 2. The maximum Gasteiger partial charge on any atom is 0.248 e. The Balaban J connectivity index is 1.39. The van der Waals surface area contributed by atoms with E-state index in [9.17, 15) is 13.2 Å². The van der Waals surface area contributed by atoms with Crippen LogP contribution in [0.3, 0.4) is 0 Å². The van der Waals surface area contributed by atoms with Crippen LogP contribution >= 0.6 is 0 Å². The average molecular weight is 465 g/mol. The molecule has 0 aliphatic carbocycles. The normalized spacial score (nSPS) is 11.7. The van der Waals surface area contributed by atoms with E-state index in [1.54, 1.807) is 36.4 Å². The number of amides is 1. The smallest absolute Gasteiger partial charge is 0.248 e. The molecule has 168 valence electrons. The number of aromatic nitrogens is 2. The van der Waals surface area contributed by atoms with E-state index in [1.165, 1.54) is 30.9 Å². The Morgan fingerprint density at radius 3 is 2.61 bits per heavy atom. The van der Waals surface area contributed by atoms with Crippen LogP contribution in [0, 0.1) is 6.92 Å². The van der Waals surface area contributed by atoms with Gasteiger partial charge in [0.2, 0.25) is 28.2 Å². The van der Waals surface area contributed by atoms with Gasteiger partial charge in [-0.3, -0.25) is 4.79 Å². The van der Waals surface area contributed by atoms with E-state index >= 15 is 0 Å². The number of sulfonamides is 1. The Hall–Kier alpha value is -4.02. The first kappa shape index (κ1) is 22.2. The van der Waals surface area contributed by atoms with Crippen LogP contribution in [0.1, 0.15) is 16.9 Å². The highest BCUT2D eigenvalue weighted by Crippen LogP contribution is 2.24. The first-order valence-corrected chi connectivity index (χ1v) is 11.4. The van der Waals surface area contributed by atoms with Crippen molar-refractivity contribution >= 4 is 27.7 Å². The molecular formula is C23H20N4O5S. The molecule has 4 aromatic rings. The Bertz CT molecular complexity index is 1360. The summed E-state index contributed by atoms with van der Waals surface area (Å²) >= 11 is 0. The minimum absolute atomic E-state index is 0.0598. The van der Waals surface area contributed by atoms with Gasteiger partial charge >= 0.3 is 0 Å². The molecule has 2 N–H and O–H groups in total. The van der Waals surface area contributed by atoms with E-state index in [-0.39, 0.29) is 17.3 Å². The highest BCUT2D eigenvalue weighted by Gasteiger charge is 2.14. The summed E-state index contributed by atoms with van der Waals surface area (Å²) < 4.78 is 37.6. The van der Waals surface area contributed by atoms with Crippen molar-refractivity contribution in [3.05, 3.63) is 90.2 Å². The number of carbonyl (C=O) groups excluding carboxylic acids is 1. The predicted molar refractivity (Wildman–Crippen MR) is 121 cm³/mol. The van der Waals surface area contributed by atoms with Crippen molar-refractivity contribution in [3.8, 4) is 11.5 Å². The third kappa shape index (κ3) is 5.62. The minimum Gasteiger partial charge on any atom is -0.468 e. The zero-order valence-electron chi connectivity index (χ0n) is 17.6. The topological polar surface area (TPSA) is 127 Å². The van der Waals surface area contributed by atoms with Crippen LogP contribution in [0.15, 0.2) is 87.1 Å². The molecule has 1 amide bonds. The third-order valence-electron chi connectivity index (χ3n) is 4.74. The third-order valence-corrected chi connectivity index (χ3v) is 6.15. The van der Waals surface area contributed by atoms with E-state index in [2.05, 4.69) is 20.2 Å². The maximum atomic E-state index is 12.4. The molecule has 0 saturated carbocycles. The number of rotatable bonds is 8. The lowest BCUT2D eigenvalue weighted by Crippen LogP contribution is -2.22. The molecule has 2 aromatic carbocycles. The molecule has 0 radical (unpaired) electrons. The van der Waals surface area contributed by atoms with E-state index in [4.69, 9.17) is 8.83 Å². The molecule has 0 saturated heterocycles. The maximum absolute atomic E-state index is 12.4. The van der Waals surface area contributed by atoms with Gasteiger partial charge in [-0.1, -0.05) is 18.2 Å². The number of furan rings is 1. The largest absolute Gasteiger partial charge is 0.468 e. The van der Waals surface area contributed by atoms with E-state index in [0.717, 1.165) is 5.56 Å². The number of nitrogens with zero attached hydrogens (tertiary/aromatic N) is 2. The Morgan fingerprint density at radius 1 is 1.09 bits per heavy atom. The molecule has 33 heavy (non-hydrogen) atoms. The number of anilines is 1. The fourth-order valence-electron chi connectivity index (χ4n) is 2.96. The first-order chi connectivity index (χ1) is 15.9. The van der Waals surface area contributed by atoms with Gasteiger partial charge in [0.15, 0.2) is 0 Å². The van der Waals surface area contributed by atoms with Crippen molar-refractivity contribution in [2.75, 3.05) is 5.32 Å². The van der Waals surface area contributed by atoms with Crippen molar-refractivity contribution in [1.82, 2.24) is 14.9 Å². The lowest BCUT2D eigenvalue weighted by Gasteiger charge is -2.08. The summed E-state index contributed by atoms with van der Waals surface area (Å²) in [4.78, 5) is 12.5. The average Bonchev–Trinajstić information content (AvgIpc) is 3.53. The molecule has 9 nitrogen and oxygen atoms in total. The van der Waals surface area contributed by atoms with Crippen LogP contribution in [-0.2, 0) is 21.4 Å². The number of carbonyl (C=O) groups is 1. The molecule has 10 heteroatoms. The highest BCUT2D eigenvalue weighted by molar-refractivity contribution is 7.89. The van der Waals surface area contributed by atoms with Gasteiger partial charge in [-0.15, -0.1) is 10.2 Å². The minimum atomic E-state index is -3.68. The van der Waals surface area contributed by atoms with E-state index < -0.39 is 10.0 Å². The second-order valence-corrected chi connectivity index (χ2v) is 8.84. The second-order valence-electron chi connectivity index (χ2n) is 7.07. The molecule has 0 spiro atoms. The van der Waals surface area contributed by atoms with Crippen molar-refractivity contribution in [2.45, 2.75) is 18.4 Å². The van der Waals surface area contributed by atoms with Crippen LogP contribution in [-0.4, -0.2) is 24.5 Å². The first-order valence-electron chi connectivity index (χ1n) is 9.89. The van der Waals surface area contributed by atoms with Gasteiger partial charge in [0.1, 0.15) is 5.76 Å². The van der Waals surface area contributed by atoms with Crippen molar-refractivity contribution in [1.29, 1.82) is 0 Å². The molecule has 0 unspecified atom stereocenters. The van der Waals surface area contributed by atoms with Gasteiger partial charge in [0.25, 0.3) is 0 Å². The van der Waals surface area contributed by atoms with Gasteiger partial charge in [0, 0.05) is 17.3 Å². The standard InChI is InChI=1S/C23H20N4O5S/c1-16-4-8-18(23-27-24-15-32-23)13-21(16)26-22(28)11-7-17-5-9-20(10-6-17)33(29,30)25-14-19-3-2-12-31-19/h2-13,15,25H,14H2,1H3,(H,26,28)/b11-7+. The van der Waals surface area contributed by atoms with Gasteiger partial charge in [-0.05, 0) is 60.5 Å². The molecular weight excluding hydrogens is 444 g/mol. The summed E-state index contributed by atoms with van der Waals surface area (Å²) in [7, 11) is -3.68. The lowest BCUT2D eigenvalue weighted by molar-refractivity contribution is -0.111. The van der Waals surface area contributed by atoms with Crippen molar-refractivity contribution in [3.63, 3.8) is 0 Å². The summed E-state index contributed by atoms with van der Waals surface area (Å²) in [6.07, 6.45) is 5.69. The highest BCUT2D eigenvalue weighted by atomic mass is 32.2. The molecule has 2 heterocycles. The molecule has 0 fully saturated rings. The van der Waals surface area contributed by atoms with Crippen LogP contribution in [0.2, 0.25) is 0 Å². The number of benzene rings is 2. The molecule has 0 aliphatic rings. The molecule has 0 atom stereocenters. The van der Waals surface area contributed by atoms with Crippen LogP contribution in [0.25, 0.3) is 17.5 Å². The number of hydrogen-bond acceptors (Lipinski definition) is 7. The molecule has 2 aromatic heterocycles. The Labute approximate surface area is 190 Å². The Morgan fingerprint density at radius 2 is 1.91 bits per heavy atom. The summed E-state index contributed by atoms with van der Waals surface area (Å²) in [5.74, 6) is 0.536. The monoisotopic (exact) mass is 464 g/mol. The zero-order chi connectivity index (χ0) is 23.3. The summed E-state index contributed by atoms with van der Waals surface area (Å²) in [6, 6.07) is 15.0. The van der Waals surface area contributed by atoms with Gasteiger partial charge in [0.05, 0.1) is 17.7 Å². The molecule has 0 bridgehead atoms. The second kappa shape index (κ2) is 9.63. The fourth-order valence-corrected chi connectivity index (χ4v) is 3.95. The van der Waals surface area contributed by atoms with E-state index in [1.807, 2.05) is 19.1 Å². The fraction of sp³-hybridized carbons (Fsp3) is 0.0870. The van der Waals surface area contributed by atoms with Crippen LogP contribution in [0.5, 0.6) is 0 Å².